The lowest BCUT2D eigenvalue weighted by atomic mass is 9.95. The maximum Gasteiger partial charge on any atom is 0.251 e. The Hall–Kier alpha value is -5.09. The van der Waals surface area contributed by atoms with Crippen LogP contribution in [0.15, 0.2) is 102 Å². The Balaban J connectivity index is 1.14. The van der Waals surface area contributed by atoms with Crippen molar-refractivity contribution in [3.05, 3.63) is 125 Å². The maximum atomic E-state index is 13.6. The molecule has 2 aliphatic rings. The van der Waals surface area contributed by atoms with Gasteiger partial charge in [0.1, 0.15) is 11.5 Å². The van der Waals surface area contributed by atoms with Crippen molar-refractivity contribution in [3.8, 4) is 17.6 Å². The standard InChI is InChI=1S/C34H30N4O3/c1-40-28-18-16-27(17-19-28)36-20-4-5-23-8-12-25(13-9-23)30-21-31-29-6-2-3-7-32(29)41-34(38(31)37-30)33(39)26-14-10-24(22-35)11-15-26/h2-3,6-19,31,34,36H,4-5,20-21H2,1H3. The number of carbonyl (C=O) groups is 1. The summed E-state index contributed by atoms with van der Waals surface area (Å²) in [6.07, 6.45) is 1.78. The third kappa shape index (κ3) is 5.50. The van der Waals surface area contributed by atoms with Gasteiger partial charge >= 0.3 is 0 Å². The molecule has 2 heterocycles. The molecule has 7 nitrogen and oxygen atoms in total. The average molecular weight is 543 g/mol. The summed E-state index contributed by atoms with van der Waals surface area (Å²) in [4.78, 5) is 13.6. The summed E-state index contributed by atoms with van der Waals surface area (Å²) in [7, 11) is 1.67. The second-order valence-electron chi connectivity index (χ2n) is 10.2. The van der Waals surface area contributed by atoms with Crippen molar-refractivity contribution in [2.75, 3.05) is 19.0 Å². The second-order valence-corrected chi connectivity index (χ2v) is 10.2. The molecule has 0 aromatic heterocycles. The number of anilines is 1. The molecule has 0 saturated heterocycles. The topological polar surface area (TPSA) is 87.0 Å². The van der Waals surface area contributed by atoms with E-state index in [1.165, 1.54) is 5.56 Å². The lowest BCUT2D eigenvalue weighted by molar-refractivity contribution is -0.00455. The van der Waals surface area contributed by atoms with E-state index >= 15 is 0 Å². The Labute approximate surface area is 239 Å². The second kappa shape index (κ2) is 11.6. The number of aryl methyl sites for hydroxylation is 1. The number of methoxy groups -OCH3 is 1. The molecule has 0 saturated carbocycles. The van der Waals surface area contributed by atoms with Crippen molar-refractivity contribution in [3.63, 3.8) is 0 Å². The summed E-state index contributed by atoms with van der Waals surface area (Å²) >= 11 is 0. The van der Waals surface area contributed by atoms with Crippen molar-refractivity contribution in [1.29, 1.82) is 5.26 Å². The van der Waals surface area contributed by atoms with Crippen molar-refractivity contribution in [1.82, 2.24) is 5.01 Å². The van der Waals surface area contributed by atoms with Crippen LogP contribution < -0.4 is 14.8 Å². The highest BCUT2D eigenvalue weighted by Crippen LogP contribution is 2.43. The van der Waals surface area contributed by atoms with E-state index in [0.717, 1.165) is 47.7 Å². The van der Waals surface area contributed by atoms with Crippen LogP contribution in [0.2, 0.25) is 0 Å². The molecule has 0 amide bonds. The fourth-order valence-electron chi connectivity index (χ4n) is 5.33. The van der Waals surface area contributed by atoms with Crippen LogP contribution in [0.1, 0.15) is 51.5 Å². The summed E-state index contributed by atoms with van der Waals surface area (Å²) < 4.78 is 11.4. The van der Waals surface area contributed by atoms with Crippen molar-refractivity contribution in [2.45, 2.75) is 31.5 Å². The number of nitriles is 1. The van der Waals surface area contributed by atoms with Gasteiger partial charge in [0.15, 0.2) is 0 Å². The highest BCUT2D eigenvalue weighted by Gasteiger charge is 2.43. The van der Waals surface area contributed by atoms with Crippen LogP contribution in [0.3, 0.4) is 0 Å². The van der Waals surface area contributed by atoms with Gasteiger partial charge in [-0.1, -0.05) is 42.5 Å². The van der Waals surface area contributed by atoms with Crippen LogP contribution in [0.5, 0.6) is 11.5 Å². The van der Waals surface area contributed by atoms with Crippen LogP contribution in [0.4, 0.5) is 5.69 Å². The van der Waals surface area contributed by atoms with Gasteiger partial charge in [-0.05, 0) is 78.6 Å². The first-order valence-corrected chi connectivity index (χ1v) is 13.8. The zero-order valence-corrected chi connectivity index (χ0v) is 22.8. The highest BCUT2D eigenvalue weighted by atomic mass is 16.5. The molecular formula is C34H30N4O3. The van der Waals surface area contributed by atoms with Crippen LogP contribution in [-0.2, 0) is 6.42 Å². The first kappa shape index (κ1) is 26.1. The Bertz CT molecular complexity index is 1610. The molecule has 4 aromatic rings. The van der Waals surface area contributed by atoms with Gasteiger partial charge < -0.3 is 14.8 Å². The fourth-order valence-corrected chi connectivity index (χ4v) is 5.33. The molecule has 7 heteroatoms. The van der Waals surface area contributed by atoms with E-state index in [2.05, 4.69) is 35.7 Å². The first-order chi connectivity index (χ1) is 20.1. The van der Waals surface area contributed by atoms with E-state index < -0.39 is 6.23 Å². The Morgan fingerprint density at radius 2 is 1.78 bits per heavy atom. The number of carbonyl (C=O) groups excluding carboxylic acids is 1. The lowest BCUT2D eigenvalue weighted by Crippen LogP contribution is -2.45. The van der Waals surface area contributed by atoms with Crippen LogP contribution in [0.25, 0.3) is 0 Å². The average Bonchev–Trinajstić information content (AvgIpc) is 3.49. The van der Waals surface area contributed by atoms with E-state index in [4.69, 9.17) is 19.8 Å². The van der Waals surface area contributed by atoms with Gasteiger partial charge in [0.05, 0.1) is 30.5 Å². The Kier molecular flexibility index (Phi) is 7.38. The molecule has 0 radical (unpaired) electrons. The van der Waals surface area contributed by atoms with Gasteiger partial charge in [-0.15, -0.1) is 0 Å². The summed E-state index contributed by atoms with van der Waals surface area (Å²) in [5.41, 5.74) is 6.34. The summed E-state index contributed by atoms with van der Waals surface area (Å²) in [6, 6.07) is 33.0. The molecular weight excluding hydrogens is 512 g/mol. The minimum atomic E-state index is -0.877. The van der Waals surface area contributed by atoms with E-state index in [-0.39, 0.29) is 11.8 Å². The SMILES string of the molecule is COc1ccc(NCCCc2ccc(C3=NN4C(C(=O)c5ccc(C#N)cc5)Oc5ccccc5C4C3)cc2)cc1. The molecule has 2 atom stereocenters. The lowest BCUT2D eigenvalue weighted by Gasteiger charge is -2.37. The quantitative estimate of drug-likeness (QED) is 0.196. The Morgan fingerprint density at radius 1 is 1.02 bits per heavy atom. The zero-order valence-electron chi connectivity index (χ0n) is 22.8. The fraction of sp³-hybridized carbons (Fsp3) is 0.206. The predicted octanol–water partition coefficient (Wildman–Crippen LogP) is 6.36. The van der Waals surface area contributed by atoms with E-state index in [0.29, 0.717) is 23.3 Å². The first-order valence-electron chi connectivity index (χ1n) is 13.8. The summed E-state index contributed by atoms with van der Waals surface area (Å²) in [5.74, 6) is 1.37. The third-order valence-corrected chi connectivity index (χ3v) is 7.57. The summed E-state index contributed by atoms with van der Waals surface area (Å²) in [6.45, 7) is 0.880. The van der Waals surface area contributed by atoms with Gasteiger partial charge in [-0.3, -0.25) is 4.79 Å². The minimum absolute atomic E-state index is 0.0917. The Morgan fingerprint density at radius 3 is 2.51 bits per heavy atom. The number of ether oxygens (including phenoxy) is 2. The maximum absolute atomic E-state index is 13.6. The number of Topliss-reactive ketones (excluding diaryl/α,β-unsaturated/α-hetero) is 1. The van der Waals surface area contributed by atoms with Gasteiger partial charge in [0.2, 0.25) is 5.78 Å². The van der Waals surface area contributed by atoms with Gasteiger partial charge in [0, 0.05) is 29.8 Å². The van der Waals surface area contributed by atoms with Gasteiger partial charge in [-0.25, -0.2) is 5.01 Å². The van der Waals surface area contributed by atoms with Crippen molar-refractivity contribution < 1.29 is 14.3 Å². The monoisotopic (exact) mass is 542 g/mol. The van der Waals surface area contributed by atoms with Crippen LogP contribution in [0, 0.1) is 11.3 Å². The van der Waals surface area contributed by atoms with E-state index in [1.807, 2.05) is 48.5 Å². The molecule has 6 rings (SSSR count). The largest absolute Gasteiger partial charge is 0.497 e. The molecule has 204 valence electrons. The number of hydrazone groups is 1. The van der Waals surface area contributed by atoms with E-state index in [1.54, 1.807) is 36.4 Å². The zero-order chi connectivity index (χ0) is 28.2. The molecule has 0 bridgehead atoms. The number of hydrogen-bond acceptors (Lipinski definition) is 7. The molecule has 1 N–H and O–H groups in total. The highest BCUT2D eigenvalue weighted by molar-refractivity contribution is 6.03. The smallest absolute Gasteiger partial charge is 0.251 e. The van der Waals surface area contributed by atoms with Crippen LogP contribution in [-0.4, -0.2) is 36.4 Å². The number of para-hydroxylation sites is 1. The number of rotatable bonds is 9. The molecule has 4 aromatic carbocycles. The number of fused-ring (bicyclic) bond motifs is 3. The number of benzene rings is 4. The molecule has 2 aliphatic heterocycles. The third-order valence-electron chi connectivity index (χ3n) is 7.57. The number of ketones is 1. The molecule has 0 spiro atoms. The number of nitrogens with zero attached hydrogens (tertiary/aromatic N) is 3. The summed E-state index contributed by atoms with van der Waals surface area (Å²) in [5, 5.41) is 19.3. The molecule has 0 fully saturated rings. The van der Waals surface area contributed by atoms with Gasteiger partial charge in [-0.2, -0.15) is 10.4 Å². The molecule has 41 heavy (non-hydrogen) atoms. The minimum Gasteiger partial charge on any atom is -0.497 e. The van der Waals surface area contributed by atoms with E-state index in [9.17, 15) is 4.79 Å². The number of hydrogen-bond donors (Lipinski definition) is 1. The predicted molar refractivity (Wildman–Crippen MR) is 158 cm³/mol. The number of nitrogens with one attached hydrogen (secondary N) is 1. The van der Waals surface area contributed by atoms with Crippen LogP contribution >= 0.6 is 0 Å². The van der Waals surface area contributed by atoms with Gasteiger partial charge in [0.25, 0.3) is 6.23 Å². The molecule has 2 unspecified atom stereocenters. The molecule has 0 aliphatic carbocycles. The van der Waals surface area contributed by atoms with Crippen molar-refractivity contribution >= 4 is 17.2 Å². The normalized spacial score (nSPS) is 17.0. The van der Waals surface area contributed by atoms with Crippen molar-refractivity contribution in [2.24, 2.45) is 5.10 Å².